The summed E-state index contributed by atoms with van der Waals surface area (Å²) in [6, 6.07) is 3.96. The summed E-state index contributed by atoms with van der Waals surface area (Å²) >= 11 is 0. The smallest absolute Gasteiger partial charge is 0.123 e. The molecular weight excluding hydrogens is 321 g/mol. The van der Waals surface area contributed by atoms with Gasteiger partial charge in [-0.05, 0) is 50.1 Å². The highest BCUT2D eigenvalue weighted by molar-refractivity contribution is 6.48. The Morgan fingerprint density at radius 1 is 1.36 bits per heavy atom. The fourth-order valence-corrected chi connectivity index (χ4v) is 2.19. The minimum Gasteiger partial charge on any atom is -0.391 e. The lowest BCUT2D eigenvalue weighted by molar-refractivity contribution is 0.198. The van der Waals surface area contributed by atoms with Gasteiger partial charge in [-0.2, -0.15) is 5.10 Å². The molecule has 6 nitrogen and oxygen atoms in total. The monoisotopic (exact) mass is 347 g/mol. The lowest BCUT2D eigenvalue weighted by Gasteiger charge is -2.15. The summed E-state index contributed by atoms with van der Waals surface area (Å²) < 4.78 is 13.5. The molecule has 0 spiro atoms. The molecule has 136 valence electrons. The fraction of sp³-hybridized carbons (Fsp3) is 0.389. The van der Waals surface area contributed by atoms with Crippen LogP contribution in [0.5, 0.6) is 0 Å². The van der Waals surface area contributed by atoms with Gasteiger partial charge in [0.05, 0.1) is 17.5 Å². The molecule has 0 saturated carbocycles. The Morgan fingerprint density at radius 3 is 2.64 bits per heavy atom. The lowest BCUT2D eigenvalue weighted by atomic mass is 9.94. The molecule has 0 fully saturated rings. The fourth-order valence-electron chi connectivity index (χ4n) is 2.19. The molecule has 0 heterocycles. The second-order valence-corrected chi connectivity index (χ2v) is 5.45. The van der Waals surface area contributed by atoms with Gasteiger partial charge in [0.1, 0.15) is 5.82 Å². The van der Waals surface area contributed by atoms with Gasteiger partial charge in [-0.25, -0.2) is 4.39 Å². The summed E-state index contributed by atoms with van der Waals surface area (Å²) in [6.45, 7) is 6.66. The van der Waals surface area contributed by atoms with Crippen molar-refractivity contribution >= 4 is 17.6 Å². The second kappa shape index (κ2) is 10.4. The van der Waals surface area contributed by atoms with Crippen molar-refractivity contribution in [3.05, 3.63) is 46.9 Å². The standard InChI is InChI=1S/C18H26FN5O/c1-4-22-11-13(10-20)8-17(24-23-5-2)18(21)15-7-6-14(19)9-16(15)12(3)25/h6-7,9-12,20-23,25H,4-5,8H2,1-3H3/b13-11-,20-10?,21-18?,24-17-/t12-/m1/s1. The first-order valence-electron chi connectivity index (χ1n) is 8.23. The minimum absolute atomic E-state index is 0.0844. The van der Waals surface area contributed by atoms with E-state index in [1.165, 1.54) is 31.3 Å². The number of hydrogen-bond donors (Lipinski definition) is 5. The molecule has 1 aromatic carbocycles. The maximum absolute atomic E-state index is 13.5. The number of aliphatic hydroxyl groups excluding tert-OH is 1. The first kappa shape index (κ1) is 20.5. The van der Waals surface area contributed by atoms with Gasteiger partial charge in [-0.3, -0.25) is 5.41 Å². The van der Waals surface area contributed by atoms with Crippen molar-refractivity contribution in [1.82, 2.24) is 10.7 Å². The highest BCUT2D eigenvalue weighted by Crippen LogP contribution is 2.21. The zero-order chi connectivity index (χ0) is 18.8. The molecule has 0 amide bonds. The van der Waals surface area contributed by atoms with Crippen molar-refractivity contribution in [1.29, 1.82) is 10.8 Å². The molecule has 25 heavy (non-hydrogen) atoms. The minimum atomic E-state index is -0.911. The third kappa shape index (κ3) is 6.11. The maximum atomic E-state index is 13.5. The van der Waals surface area contributed by atoms with Crippen LogP contribution in [-0.4, -0.2) is 35.8 Å². The summed E-state index contributed by atoms with van der Waals surface area (Å²) in [5.74, 6) is -0.468. The molecule has 1 rings (SSSR count). The summed E-state index contributed by atoms with van der Waals surface area (Å²) in [5.41, 5.74) is 4.73. The van der Waals surface area contributed by atoms with Crippen LogP contribution in [0, 0.1) is 16.6 Å². The van der Waals surface area contributed by atoms with Gasteiger partial charge in [-0.1, -0.05) is 0 Å². The Hall–Kier alpha value is -2.54. The Bertz CT molecular complexity index is 667. The number of benzene rings is 1. The first-order chi connectivity index (χ1) is 11.9. The molecule has 7 heteroatoms. The average molecular weight is 347 g/mol. The average Bonchev–Trinajstić information content (AvgIpc) is 2.60. The van der Waals surface area contributed by atoms with E-state index in [0.717, 1.165) is 6.54 Å². The normalized spacial score (nSPS) is 13.3. The molecule has 0 saturated heterocycles. The summed E-state index contributed by atoms with van der Waals surface area (Å²) in [4.78, 5) is 0. The van der Waals surface area contributed by atoms with Crippen LogP contribution in [0.25, 0.3) is 0 Å². The SMILES string of the molecule is CCN/C=C(\C=N)C/C(=N/NCC)C(=N)c1ccc(F)cc1[C@@H](C)O. The van der Waals surface area contributed by atoms with Gasteiger partial charge in [0.15, 0.2) is 0 Å². The van der Waals surface area contributed by atoms with Crippen molar-refractivity contribution in [3.8, 4) is 0 Å². The van der Waals surface area contributed by atoms with E-state index in [1.54, 1.807) is 6.20 Å². The quantitative estimate of drug-likeness (QED) is 0.332. The van der Waals surface area contributed by atoms with Crippen LogP contribution in [0.15, 0.2) is 35.1 Å². The van der Waals surface area contributed by atoms with Crippen LogP contribution in [0.4, 0.5) is 4.39 Å². The van der Waals surface area contributed by atoms with Gasteiger partial charge >= 0.3 is 0 Å². The van der Waals surface area contributed by atoms with E-state index in [0.29, 0.717) is 29.0 Å². The van der Waals surface area contributed by atoms with E-state index < -0.39 is 11.9 Å². The third-order valence-corrected chi connectivity index (χ3v) is 3.44. The predicted octanol–water partition coefficient (Wildman–Crippen LogP) is 2.75. The van der Waals surface area contributed by atoms with E-state index in [1.807, 2.05) is 13.8 Å². The zero-order valence-electron chi connectivity index (χ0n) is 14.9. The Labute approximate surface area is 147 Å². The summed E-state index contributed by atoms with van der Waals surface area (Å²) in [7, 11) is 0. The largest absolute Gasteiger partial charge is 0.391 e. The molecule has 0 bridgehead atoms. The van der Waals surface area contributed by atoms with Crippen molar-refractivity contribution in [2.24, 2.45) is 5.10 Å². The van der Waals surface area contributed by atoms with Crippen LogP contribution in [0.3, 0.4) is 0 Å². The van der Waals surface area contributed by atoms with Crippen molar-refractivity contribution < 1.29 is 9.50 Å². The van der Waals surface area contributed by atoms with Crippen molar-refractivity contribution in [2.45, 2.75) is 33.3 Å². The Kier molecular flexibility index (Phi) is 8.49. The Balaban J connectivity index is 3.24. The van der Waals surface area contributed by atoms with Crippen LogP contribution in [0.2, 0.25) is 0 Å². The molecule has 0 aromatic heterocycles. The number of aliphatic hydroxyl groups is 1. The van der Waals surface area contributed by atoms with Gasteiger partial charge in [0, 0.05) is 37.5 Å². The third-order valence-electron chi connectivity index (χ3n) is 3.44. The summed E-state index contributed by atoms with van der Waals surface area (Å²) in [6.07, 6.45) is 2.27. The second-order valence-electron chi connectivity index (χ2n) is 5.45. The number of hydrogen-bond acceptors (Lipinski definition) is 6. The molecule has 0 radical (unpaired) electrons. The molecule has 0 aliphatic rings. The Morgan fingerprint density at radius 2 is 2.08 bits per heavy atom. The van der Waals surface area contributed by atoms with E-state index in [9.17, 15) is 9.50 Å². The van der Waals surface area contributed by atoms with E-state index in [2.05, 4.69) is 15.8 Å². The highest BCUT2D eigenvalue weighted by Gasteiger charge is 2.18. The van der Waals surface area contributed by atoms with Crippen molar-refractivity contribution in [3.63, 3.8) is 0 Å². The zero-order valence-corrected chi connectivity index (χ0v) is 14.9. The predicted molar refractivity (Wildman–Crippen MR) is 100 cm³/mol. The first-order valence-corrected chi connectivity index (χ1v) is 8.23. The van der Waals surface area contributed by atoms with E-state index >= 15 is 0 Å². The highest BCUT2D eigenvalue weighted by atomic mass is 19.1. The number of allylic oxidation sites excluding steroid dienone is 1. The lowest BCUT2D eigenvalue weighted by Crippen LogP contribution is -2.22. The van der Waals surface area contributed by atoms with Gasteiger partial charge in [-0.15, -0.1) is 0 Å². The molecule has 0 aliphatic carbocycles. The van der Waals surface area contributed by atoms with Gasteiger partial charge < -0.3 is 21.3 Å². The van der Waals surface area contributed by atoms with Crippen LogP contribution in [-0.2, 0) is 0 Å². The summed E-state index contributed by atoms with van der Waals surface area (Å²) in [5, 5.41) is 33.2. The van der Waals surface area contributed by atoms with Gasteiger partial charge in [0.25, 0.3) is 0 Å². The topological polar surface area (TPSA) is 104 Å². The maximum Gasteiger partial charge on any atom is 0.123 e. The van der Waals surface area contributed by atoms with Crippen LogP contribution >= 0.6 is 0 Å². The number of nitrogens with one attached hydrogen (secondary N) is 4. The number of nitrogens with zero attached hydrogens (tertiary/aromatic N) is 1. The molecular formula is C18H26FN5O. The molecule has 1 atom stereocenters. The molecule has 1 aromatic rings. The number of hydrazone groups is 1. The number of rotatable bonds is 10. The van der Waals surface area contributed by atoms with E-state index in [-0.39, 0.29) is 12.1 Å². The van der Waals surface area contributed by atoms with Gasteiger partial charge in [0.2, 0.25) is 0 Å². The van der Waals surface area contributed by atoms with Crippen LogP contribution < -0.4 is 10.7 Å². The van der Waals surface area contributed by atoms with E-state index in [4.69, 9.17) is 10.8 Å². The van der Waals surface area contributed by atoms with Crippen LogP contribution in [0.1, 0.15) is 44.4 Å². The van der Waals surface area contributed by atoms with Crippen molar-refractivity contribution in [2.75, 3.05) is 13.1 Å². The molecule has 0 aliphatic heterocycles. The molecule has 0 unspecified atom stereocenters. The number of halogens is 1. The molecule has 5 N–H and O–H groups in total.